The number of benzene rings is 2. The zero-order chi connectivity index (χ0) is 14.7. The van der Waals surface area contributed by atoms with Gasteiger partial charge in [-0.05, 0) is 23.8 Å². The molecule has 0 spiro atoms. The lowest BCUT2D eigenvalue weighted by atomic mass is 9.89. The minimum atomic E-state index is -0.906. The summed E-state index contributed by atoms with van der Waals surface area (Å²) in [5.74, 6) is -0.716. The summed E-state index contributed by atoms with van der Waals surface area (Å²) in [6, 6.07) is 10.9. The molecule has 2 rings (SSSR count). The molecule has 0 aromatic heterocycles. The zero-order valence-corrected chi connectivity index (χ0v) is 12.1. The maximum absolute atomic E-state index is 13.0. The van der Waals surface area contributed by atoms with Gasteiger partial charge in [0.25, 0.3) is 0 Å². The molecule has 0 saturated carbocycles. The molecular formula is C15H14Cl2FNO. The number of hydrogen-bond acceptors (Lipinski definition) is 2. The van der Waals surface area contributed by atoms with Gasteiger partial charge in [-0.2, -0.15) is 0 Å². The minimum absolute atomic E-state index is 0.204. The van der Waals surface area contributed by atoms with E-state index in [1.807, 2.05) is 0 Å². The average Bonchev–Trinajstić information content (AvgIpc) is 2.44. The largest absolute Gasteiger partial charge is 0.388 e. The van der Waals surface area contributed by atoms with E-state index in [2.05, 4.69) is 0 Å². The van der Waals surface area contributed by atoms with Crippen LogP contribution in [0.25, 0.3) is 0 Å². The number of rotatable bonds is 4. The Labute approximate surface area is 126 Å². The van der Waals surface area contributed by atoms with E-state index in [0.717, 1.165) is 5.56 Å². The highest BCUT2D eigenvalue weighted by Gasteiger charge is 2.24. The fourth-order valence-corrected chi connectivity index (χ4v) is 2.54. The van der Waals surface area contributed by atoms with Crippen molar-refractivity contribution in [2.24, 2.45) is 5.73 Å². The van der Waals surface area contributed by atoms with E-state index >= 15 is 0 Å². The molecule has 0 aliphatic heterocycles. The summed E-state index contributed by atoms with van der Waals surface area (Å²) in [6.45, 7) is 0.204. The first-order valence-corrected chi connectivity index (χ1v) is 6.87. The van der Waals surface area contributed by atoms with E-state index in [9.17, 15) is 9.50 Å². The van der Waals surface area contributed by atoms with Crippen molar-refractivity contribution in [1.82, 2.24) is 0 Å². The van der Waals surface area contributed by atoms with Crippen molar-refractivity contribution in [3.63, 3.8) is 0 Å². The lowest BCUT2D eigenvalue weighted by Gasteiger charge is -2.23. The normalized spacial score (nSPS) is 14.1. The van der Waals surface area contributed by atoms with Crippen molar-refractivity contribution in [1.29, 1.82) is 0 Å². The number of aliphatic hydroxyl groups is 1. The molecule has 0 radical (unpaired) electrons. The molecule has 2 aromatic rings. The minimum Gasteiger partial charge on any atom is -0.388 e. The molecular weight excluding hydrogens is 300 g/mol. The molecule has 0 aliphatic carbocycles. The number of aliphatic hydroxyl groups excluding tert-OH is 1. The maximum Gasteiger partial charge on any atom is 0.123 e. The van der Waals surface area contributed by atoms with Crippen LogP contribution in [0, 0.1) is 5.82 Å². The van der Waals surface area contributed by atoms with Crippen molar-refractivity contribution < 1.29 is 9.50 Å². The zero-order valence-electron chi connectivity index (χ0n) is 10.6. The molecule has 106 valence electrons. The van der Waals surface area contributed by atoms with Crippen molar-refractivity contribution in [2.45, 2.75) is 12.0 Å². The molecule has 5 heteroatoms. The number of hydrogen-bond donors (Lipinski definition) is 2. The van der Waals surface area contributed by atoms with Gasteiger partial charge in [-0.1, -0.05) is 47.5 Å². The van der Waals surface area contributed by atoms with E-state index in [1.54, 1.807) is 30.3 Å². The van der Waals surface area contributed by atoms with Crippen molar-refractivity contribution in [2.75, 3.05) is 6.54 Å². The molecule has 20 heavy (non-hydrogen) atoms. The molecule has 3 N–H and O–H groups in total. The van der Waals surface area contributed by atoms with Crippen molar-refractivity contribution >= 4 is 23.2 Å². The third-order valence-electron chi connectivity index (χ3n) is 3.23. The molecule has 0 amide bonds. The smallest absolute Gasteiger partial charge is 0.123 e. The molecule has 0 aliphatic rings. The third kappa shape index (κ3) is 3.13. The lowest BCUT2D eigenvalue weighted by Crippen LogP contribution is -2.20. The van der Waals surface area contributed by atoms with Gasteiger partial charge in [0.15, 0.2) is 0 Å². The van der Waals surface area contributed by atoms with Crippen LogP contribution in [0.5, 0.6) is 0 Å². The highest BCUT2D eigenvalue weighted by Crippen LogP contribution is 2.36. The molecule has 2 aromatic carbocycles. The van der Waals surface area contributed by atoms with Gasteiger partial charge in [0, 0.05) is 18.0 Å². The summed E-state index contributed by atoms with van der Waals surface area (Å²) >= 11 is 12.1. The van der Waals surface area contributed by atoms with Crippen LogP contribution in [-0.2, 0) is 0 Å². The SMILES string of the molecule is NCC(c1ccc(F)cc1)C(O)c1cccc(Cl)c1Cl. The van der Waals surface area contributed by atoms with E-state index in [0.29, 0.717) is 15.6 Å². The molecule has 0 fully saturated rings. The average molecular weight is 314 g/mol. The Bertz CT molecular complexity index is 589. The summed E-state index contributed by atoms with van der Waals surface area (Å²) in [5, 5.41) is 11.2. The van der Waals surface area contributed by atoms with Gasteiger partial charge >= 0.3 is 0 Å². The summed E-state index contributed by atoms with van der Waals surface area (Å²) in [6.07, 6.45) is -0.906. The second-order valence-electron chi connectivity index (χ2n) is 4.48. The molecule has 2 nitrogen and oxygen atoms in total. The van der Waals surface area contributed by atoms with Crippen LogP contribution in [0.3, 0.4) is 0 Å². The van der Waals surface area contributed by atoms with Gasteiger partial charge in [-0.15, -0.1) is 0 Å². The monoisotopic (exact) mass is 313 g/mol. The summed E-state index contributed by atoms with van der Waals surface area (Å²) in [4.78, 5) is 0. The summed E-state index contributed by atoms with van der Waals surface area (Å²) in [5.41, 5.74) is 7.00. The fraction of sp³-hybridized carbons (Fsp3) is 0.200. The maximum atomic E-state index is 13.0. The van der Waals surface area contributed by atoms with Crippen LogP contribution in [-0.4, -0.2) is 11.7 Å². The van der Waals surface area contributed by atoms with Crippen LogP contribution in [0.2, 0.25) is 10.0 Å². The van der Waals surface area contributed by atoms with Gasteiger partial charge < -0.3 is 10.8 Å². The fourth-order valence-electron chi connectivity index (χ4n) is 2.12. The van der Waals surface area contributed by atoms with E-state index in [1.165, 1.54) is 12.1 Å². The summed E-state index contributed by atoms with van der Waals surface area (Å²) in [7, 11) is 0. The summed E-state index contributed by atoms with van der Waals surface area (Å²) < 4.78 is 13.0. The lowest BCUT2D eigenvalue weighted by molar-refractivity contribution is 0.147. The van der Waals surface area contributed by atoms with E-state index < -0.39 is 6.10 Å². The molecule has 0 bridgehead atoms. The molecule has 0 heterocycles. The van der Waals surface area contributed by atoms with Crippen LogP contribution >= 0.6 is 23.2 Å². The highest BCUT2D eigenvalue weighted by molar-refractivity contribution is 6.42. The van der Waals surface area contributed by atoms with Crippen LogP contribution in [0.15, 0.2) is 42.5 Å². The highest BCUT2D eigenvalue weighted by atomic mass is 35.5. The third-order valence-corrected chi connectivity index (χ3v) is 4.07. The van der Waals surface area contributed by atoms with Crippen molar-refractivity contribution in [3.8, 4) is 0 Å². The second kappa shape index (κ2) is 6.55. The Hall–Kier alpha value is -1.13. The van der Waals surface area contributed by atoms with Crippen LogP contribution in [0.1, 0.15) is 23.1 Å². The number of halogens is 3. The number of nitrogens with two attached hydrogens (primary N) is 1. The van der Waals surface area contributed by atoms with E-state index in [-0.39, 0.29) is 18.3 Å². The first-order chi connectivity index (χ1) is 9.54. The first kappa shape index (κ1) is 15.3. The quantitative estimate of drug-likeness (QED) is 0.899. The van der Waals surface area contributed by atoms with Gasteiger partial charge in [0.1, 0.15) is 5.82 Å². The molecule has 0 saturated heterocycles. The molecule has 2 unspecified atom stereocenters. The van der Waals surface area contributed by atoms with Gasteiger partial charge in [-0.3, -0.25) is 0 Å². The Morgan fingerprint density at radius 1 is 1.10 bits per heavy atom. The topological polar surface area (TPSA) is 46.2 Å². The molecule has 2 atom stereocenters. The Morgan fingerprint density at radius 3 is 2.35 bits per heavy atom. The van der Waals surface area contributed by atoms with Crippen LogP contribution < -0.4 is 5.73 Å². The van der Waals surface area contributed by atoms with Gasteiger partial charge in [0.2, 0.25) is 0 Å². The van der Waals surface area contributed by atoms with Crippen LogP contribution in [0.4, 0.5) is 4.39 Å². The second-order valence-corrected chi connectivity index (χ2v) is 5.27. The Balaban J connectivity index is 2.36. The predicted octanol–water partition coefficient (Wildman–Crippen LogP) is 3.91. The standard InChI is InChI=1S/C15H14Cl2FNO/c16-13-3-1-2-11(14(13)17)15(20)12(8-19)9-4-6-10(18)7-5-9/h1-7,12,15,20H,8,19H2. The van der Waals surface area contributed by atoms with Crippen molar-refractivity contribution in [3.05, 3.63) is 69.5 Å². The Morgan fingerprint density at radius 2 is 1.75 bits per heavy atom. The van der Waals surface area contributed by atoms with E-state index in [4.69, 9.17) is 28.9 Å². The first-order valence-electron chi connectivity index (χ1n) is 6.12. The van der Waals surface area contributed by atoms with Gasteiger partial charge in [-0.25, -0.2) is 4.39 Å². The Kier molecular flexibility index (Phi) is 5.00. The predicted molar refractivity (Wildman–Crippen MR) is 79.6 cm³/mol. The van der Waals surface area contributed by atoms with Gasteiger partial charge in [0.05, 0.1) is 16.1 Å².